The summed E-state index contributed by atoms with van der Waals surface area (Å²) in [6, 6.07) is 1.13. The summed E-state index contributed by atoms with van der Waals surface area (Å²) in [7, 11) is 0. The largest absolute Gasteiger partial charge is 0.478 e. The van der Waals surface area contributed by atoms with Gasteiger partial charge in [-0.1, -0.05) is 20.4 Å². The van der Waals surface area contributed by atoms with Crippen molar-refractivity contribution in [2.75, 3.05) is 18.0 Å². The minimum absolute atomic E-state index is 0.0649. The molecular weight excluding hydrogens is 409 g/mol. The number of carboxylic acid groups (broad SMARTS) is 1. The van der Waals surface area contributed by atoms with E-state index >= 15 is 0 Å². The van der Waals surface area contributed by atoms with Gasteiger partial charge in [0.1, 0.15) is 11.6 Å². The average Bonchev–Trinajstić information content (AvgIpc) is 3.60. The van der Waals surface area contributed by atoms with E-state index in [1.165, 1.54) is 12.3 Å². The molecule has 2 aliphatic rings. The SMILES string of the molecule is C=C1C(C(=O)O)=CN(C2CC2)c2nc(C(C)NCC(C=N)CN=C(C)C)c(F)cc21.CC. The number of nitrogens with zero attached hydrogens (tertiary/aromatic N) is 3. The number of pyridine rings is 1. The van der Waals surface area contributed by atoms with Gasteiger partial charge in [-0.25, -0.2) is 14.2 Å². The highest BCUT2D eigenvalue weighted by Crippen LogP contribution is 2.42. The van der Waals surface area contributed by atoms with Gasteiger partial charge in [0.15, 0.2) is 0 Å². The maximum absolute atomic E-state index is 14.9. The first-order valence-electron chi connectivity index (χ1n) is 11.1. The molecule has 1 saturated carbocycles. The minimum atomic E-state index is -1.08. The normalized spacial score (nSPS) is 16.8. The topological polar surface area (TPSA) is 102 Å². The summed E-state index contributed by atoms with van der Waals surface area (Å²) in [5.41, 5.74) is 1.96. The number of anilines is 1. The van der Waals surface area contributed by atoms with Crippen LogP contribution in [-0.4, -0.2) is 47.1 Å². The third kappa shape index (κ3) is 5.88. The molecule has 1 aliphatic carbocycles. The number of aliphatic imine (C=N–C) groups is 1. The van der Waals surface area contributed by atoms with Gasteiger partial charge in [-0.3, -0.25) is 4.99 Å². The van der Waals surface area contributed by atoms with Crippen LogP contribution in [0.5, 0.6) is 0 Å². The molecule has 1 aromatic rings. The molecule has 7 nitrogen and oxygen atoms in total. The molecule has 2 atom stereocenters. The lowest BCUT2D eigenvalue weighted by atomic mass is 9.96. The number of nitrogens with one attached hydrogen (secondary N) is 2. The molecule has 0 saturated heterocycles. The monoisotopic (exact) mass is 443 g/mol. The second-order valence-corrected chi connectivity index (χ2v) is 8.04. The molecule has 2 unspecified atom stereocenters. The van der Waals surface area contributed by atoms with E-state index in [4.69, 9.17) is 5.41 Å². The van der Waals surface area contributed by atoms with Crippen molar-refractivity contribution in [1.82, 2.24) is 10.3 Å². The van der Waals surface area contributed by atoms with E-state index in [9.17, 15) is 14.3 Å². The number of hydrogen-bond acceptors (Lipinski definition) is 6. The fourth-order valence-electron chi connectivity index (χ4n) is 3.35. The zero-order valence-electron chi connectivity index (χ0n) is 19.6. The number of aliphatic carboxylic acids is 1. The molecule has 174 valence electrons. The van der Waals surface area contributed by atoms with E-state index in [0.29, 0.717) is 24.5 Å². The highest BCUT2D eigenvalue weighted by Gasteiger charge is 2.36. The third-order valence-corrected chi connectivity index (χ3v) is 5.29. The van der Waals surface area contributed by atoms with Crippen molar-refractivity contribution in [3.63, 3.8) is 0 Å². The van der Waals surface area contributed by atoms with Gasteiger partial charge in [0.05, 0.1) is 11.3 Å². The Morgan fingerprint density at radius 3 is 2.66 bits per heavy atom. The predicted molar refractivity (Wildman–Crippen MR) is 128 cm³/mol. The number of carboxylic acids is 1. The number of rotatable bonds is 9. The maximum Gasteiger partial charge on any atom is 0.337 e. The molecule has 1 aromatic heterocycles. The molecule has 8 heteroatoms. The van der Waals surface area contributed by atoms with Gasteiger partial charge >= 0.3 is 5.97 Å². The van der Waals surface area contributed by atoms with E-state index in [2.05, 4.69) is 21.9 Å². The molecule has 3 rings (SSSR count). The molecule has 0 aromatic carbocycles. The van der Waals surface area contributed by atoms with Gasteiger partial charge in [-0.2, -0.15) is 0 Å². The highest BCUT2D eigenvalue weighted by atomic mass is 19.1. The molecule has 32 heavy (non-hydrogen) atoms. The predicted octanol–water partition coefficient (Wildman–Crippen LogP) is 4.61. The van der Waals surface area contributed by atoms with Crippen LogP contribution in [0, 0.1) is 17.1 Å². The molecule has 0 bridgehead atoms. The molecule has 0 amide bonds. The average molecular weight is 444 g/mol. The Labute approximate surface area is 189 Å². The van der Waals surface area contributed by atoms with Gasteiger partial charge in [0.2, 0.25) is 0 Å². The van der Waals surface area contributed by atoms with Crippen LogP contribution in [0.4, 0.5) is 10.2 Å². The van der Waals surface area contributed by atoms with E-state index in [-0.39, 0.29) is 34.8 Å². The fourth-order valence-corrected chi connectivity index (χ4v) is 3.35. The van der Waals surface area contributed by atoms with Crippen molar-refractivity contribution < 1.29 is 14.3 Å². The summed E-state index contributed by atoms with van der Waals surface area (Å²) in [6.07, 6.45) is 4.79. The van der Waals surface area contributed by atoms with Crippen LogP contribution in [0.15, 0.2) is 29.4 Å². The van der Waals surface area contributed by atoms with Crippen molar-refractivity contribution in [2.45, 2.75) is 59.5 Å². The number of fused-ring (bicyclic) bond motifs is 1. The summed E-state index contributed by atoms with van der Waals surface area (Å²) < 4.78 is 14.9. The minimum Gasteiger partial charge on any atom is -0.478 e. The number of aromatic nitrogens is 1. The second-order valence-electron chi connectivity index (χ2n) is 8.04. The first-order chi connectivity index (χ1) is 15.2. The Kier molecular flexibility index (Phi) is 8.83. The zero-order chi connectivity index (χ0) is 24.0. The fraction of sp³-hybridized carbons (Fsp3) is 0.500. The van der Waals surface area contributed by atoms with Gasteiger partial charge in [0, 0.05) is 54.8 Å². The number of hydrogen-bond donors (Lipinski definition) is 3. The molecule has 3 N–H and O–H groups in total. The van der Waals surface area contributed by atoms with Crippen molar-refractivity contribution >= 4 is 29.3 Å². The summed E-state index contributed by atoms with van der Waals surface area (Å²) >= 11 is 0. The smallest absolute Gasteiger partial charge is 0.337 e. The van der Waals surface area contributed by atoms with Crippen molar-refractivity contribution in [3.05, 3.63) is 41.5 Å². The first kappa shape index (κ1) is 25.4. The van der Waals surface area contributed by atoms with E-state index in [1.54, 1.807) is 6.20 Å². The Morgan fingerprint density at radius 1 is 1.47 bits per heavy atom. The van der Waals surface area contributed by atoms with Gasteiger partial charge in [-0.15, -0.1) is 0 Å². The molecule has 0 spiro atoms. The summed E-state index contributed by atoms with van der Waals surface area (Å²) in [5, 5.41) is 20.3. The van der Waals surface area contributed by atoms with Crippen LogP contribution in [0.2, 0.25) is 0 Å². The lowest BCUT2D eigenvalue weighted by molar-refractivity contribution is -0.132. The Bertz CT molecular complexity index is 933. The lowest BCUT2D eigenvalue weighted by Crippen LogP contribution is -2.31. The summed E-state index contributed by atoms with van der Waals surface area (Å²) in [5.74, 6) is -1.14. The standard InChI is InChI=1S/C22H28FN5O2.C2H6/c1-12(2)25-9-15(8-24)10-26-14(4)20-19(23)7-17-13(3)18(22(29)30)11-28(16-5-6-16)21(17)27-20;1-2/h7-8,11,14-16,24,26H,3,5-6,9-10H2,1-2,4H3,(H,29,30);1-2H3. The van der Waals surface area contributed by atoms with Gasteiger partial charge in [-0.05, 0) is 45.3 Å². The van der Waals surface area contributed by atoms with E-state index in [0.717, 1.165) is 18.6 Å². The van der Waals surface area contributed by atoms with Gasteiger partial charge in [0.25, 0.3) is 0 Å². The van der Waals surface area contributed by atoms with Crippen LogP contribution in [-0.2, 0) is 4.79 Å². The maximum atomic E-state index is 14.9. The second kappa shape index (κ2) is 11.1. The van der Waals surface area contributed by atoms with Crippen LogP contribution in [0.1, 0.15) is 64.8 Å². The number of halogens is 1. The quantitative estimate of drug-likeness (QED) is 0.484. The summed E-state index contributed by atoms with van der Waals surface area (Å²) in [6.45, 7) is 14.5. The van der Waals surface area contributed by atoms with Crippen molar-refractivity contribution in [1.29, 1.82) is 5.41 Å². The Balaban J connectivity index is 0.00000176. The Morgan fingerprint density at radius 2 is 2.12 bits per heavy atom. The van der Waals surface area contributed by atoms with Crippen LogP contribution < -0.4 is 10.2 Å². The lowest BCUT2D eigenvalue weighted by Gasteiger charge is -2.30. The highest BCUT2D eigenvalue weighted by molar-refractivity contribution is 6.08. The van der Waals surface area contributed by atoms with Crippen LogP contribution in [0.25, 0.3) is 5.57 Å². The van der Waals surface area contributed by atoms with Crippen LogP contribution in [0.3, 0.4) is 0 Å². The van der Waals surface area contributed by atoms with Crippen molar-refractivity contribution in [3.8, 4) is 0 Å². The molecule has 2 heterocycles. The summed E-state index contributed by atoms with van der Waals surface area (Å²) in [4.78, 5) is 22.4. The molecule has 1 fully saturated rings. The third-order valence-electron chi connectivity index (χ3n) is 5.29. The molecule has 1 aliphatic heterocycles. The van der Waals surface area contributed by atoms with Gasteiger partial charge < -0.3 is 20.7 Å². The zero-order valence-corrected chi connectivity index (χ0v) is 19.6. The van der Waals surface area contributed by atoms with Crippen molar-refractivity contribution in [2.24, 2.45) is 10.9 Å². The van der Waals surface area contributed by atoms with E-state index in [1.807, 2.05) is 39.5 Å². The Hall–Kier alpha value is -2.87. The van der Waals surface area contributed by atoms with E-state index < -0.39 is 11.8 Å². The molecular formula is C24H34FN5O2. The molecule has 0 radical (unpaired) electrons. The first-order valence-corrected chi connectivity index (χ1v) is 11.1. The van der Waals surface area contributed by atoms with Crippen LogP contribution >= 0.6 is 0 Å². The number of carbonyl (C=O) groups is 1.